The zero-order valence-electron chi connectivity index (χ0n) is 11.7. The van der Waals surface area contributed by atoms with Crippen LogP contribution in [0, 0.1) is 0 Å². The second-order valence-corrected chi connectivity index (χ2v) is 5.57. The highest BCUT2D eigenvalue weighted by molar-refractivity contribution is 6.33. The number of benzene rings is 3. The van der Waals surface area contributed by atoms with Gasteiger partial charge in [-0.2, -0.15) is 0 Å². The van der Waals surface area contributed by atoms with Gasteiger partial charge in [-0.3, -0.25) is 0 Å². The Bertz CT molecular complexity index is 721. The van der Waals surface area contributed by atoms with Crippen LogP contribution in [-0.2, 0) is 0 Å². The number of hydrogen-bond donors (Lipinski definition) is 2. The number of rotatable bonds is 4. The maximum atomic E-state index is 6.21. The molecule has 0 aliphatic carbocycles. The minimum atomic E-state index is 0.676. The van der Waals surface area contributed by atoms with E-state index >= 15 is 0 Å². The highest BCUT2D eigenvalue weighted by atomic mass is 35.5. The lowest BCUT2D eigenvalue weighted by Crippen LogP contribution is -1.98. The van der Waals surface area contributed by atoms with Crippen LogP contribution >= 0.6 is 23.2 Å². The molecule has 22 heavy (non-hydrogen) atoms. The third-order valence-electron chi connectivity index (χ3n) is 3.21. The minimum Gasteiger partial charge on any atom is -0.353 e. The molecule has 2 nitrogen and oxygen atoms in total. The van der Waals surface area contributed by atoms with Crippen molar-refractivity contribution < 1.29 is 0 Å². The van der Waals surface area contributed by atoms with Crippen molar-refractivity contribution >= 4 is 46.0 Å². The predicted molar refractivity (Wildman–Crippen MR) is 95.9 cm³/mol. The van der Waals surface area contributed by atoms with Crippen molar-refractivity contribution in [1.29, 1.82) is 0 Å². The van der Waals surface area contributed by atoms with Crippen molar-refractivity contribution in [3.05, 3.63) is 82.8 Å². The van der Waals surface area contributed by atoms with E-state index in [0.717, 1.165) is 22.7 Å². The molecule has 3 aromatic rings. The monoisotopic (exact) mass is 328 g/mol. The molecule has 0 saturated carbocycles. The van der Waals surface area contributed by atoms with Crippen LogP contribution in [0.2, 0.25) is 10.0 Å². The largest absolute Gasteiger partial charge is 0.353 e. The van der Waals surface area contributed by atoms with Gasteiger partial charge in [0.1, 0.15) is 0 Å². The van der Waals surface area contributed by atoms with Crippen LogP contribution in [0.15, 0.2) is 72.8 Å². The minimum absolute atomic E-state index is 0.676. The van der Waals surface area contributed by atoms with Crippen LogP contribution in [0.1, 0.15) is 0 Å². The van der Waals surface area contributed by atoms with E-state index in [9.17, 15) is 0 Å². The van der Waals surface area contributed by atoms with Gasteiger partial charge in [0, 0.05) is 0 Å². The van der Waals surface area contributed by atoms with Crippen molar-refractivity contribution in [2.24, 2.45) is 0 Å². The van der Waals surface area contributed by atoms with Gasteiger partial charge in [-0.15, -0.1) is 0 Å². The summed E-state index contributed by atoms with van der Waals surface area (Å²) in [5.74, 6) is 0. The van der Waals surface area contributed by atoms with Crippen LogP contribution < -0.4 is 10.6 Å². The Morgan fingerprint density at radius 1 is 0.455 bits per heavy atom. The Labute approximate surface area is 139 Å². The summed E-state index contributed by atoms with van der Waals surface area (Å²) in [4.78, 5) is 0. The molecule has 3 aromatic carbocycles. The Morgan fingerprint density at radius 2 is 0.773 bits per heavy atom. The molecule has 0 aromatic heterocycles. The molecule has 0 heterocycles. The summed E-state index contributed by atoms with van der Waals surface area (Å²) in [6.07, 6.45) is 0. The zero-order chi connectivity index (χ0) is 15.4. The van der Waals surface area contributed by atoms with E-state index in [1.807, 2.05) is 72.8 Å². The number of para-hydroxylation sites is 4. The van der Waals surface area contributed by atoms with E-state index in [4.69, 9.17) is 23.2 Å². The first kappa shape index (κ1) is 14.8. The molecule has 0 radical (unpaired) electrons. The first-order chi connectivity index (χ1) is 10.7. The summed E-state index contributed by atoms with van der Waals surface area (Å²) in [6, 6.07) is 23.2. The molecule has 0 aliphatic rings. The molecule has 0 amide bonds. The molecule has 0 spiro atoms. The van der Waals surface area contributed by atoms with E-state index in [-0.39, 0.29) is 0 Å². The lowest BCUT2D eigenvalue weighted by molar-refractivity contribution is 1.50. The number of nitrogens with one attached hydrogen (secondary N) is 2. The van der Waals surface area contributed by atoms with Gasteiger partial charge >= 0.3 is 0 Å². The molecule has 0 bridgehead atoms. The zero-order valence-corrected chi connectivity index (χ0v) is 13.2. The number of halogens is 2. The first-order valence-electron chi connectivity index (χ1n) is 6.86. The Morgan fingerprint density at radius 3 is 1.14 bits per heavy atom. The summed E-state index contributed by atoms with van der Waals surface area (Å²) in [7, 11) is 0. The summed E-state index contributed by atoms with van der Waals surface area (Å²) in [5, 5.41) is 8.04. The van der Waals surface area contributed by atoms with Gasteiger partial charge in [-0.1, -0.05) is 59.6 Å². The third kappa shape index (κ3) is 3.35. The van der Waals surface area contributed by atoms with E-state index < -0.39 is 0 Å². The molecule has 4 heteroatoms. The average Bonchev–Trinajstić information content (AvgIpc) is 2.53. The molecule has 0 atom stereocenters. The maximum absolute atomic E-state index is 6.21. The average molecular weight is 329 g/mol. The van der Waals surface area contributed by atoms with Gasteiger partial charge in [0.05, 0.1) is 32.8 Å². The highest BCUT2D eigenvalue weighted by Gasteiger charge is 2.06. The standard InChI is InChI=1S/C18H14Cl2N2/c19-13-7-1-3-9-15(13)21-17-11-5-6-12-18(17)22-16-10-4-2-8-14(16)20/h1-12,21-22H. The van der Waals surface area contributed by atoms with Crippen molar-refractivity contribution in [2.45, 2.75) is 0 Å². The molecule has 2 N–H and O–H groups in total. The summed E-state index contributed by atoms with van der Waals surface area (Å²) in [6.45, 7) is 0. The third-order valence-corrected chi connectivity index (χ3v) is 3.87. The summed E-state index contributed by atoms with van der Waals surface area (Å²) < 4.78 is 0. The molecule has 0 saturated heterocycles. The molecule has 0 aliphatic heterocycles. The summed E-state index contributed by atoms with van der Waals surface area (Å²) in [5.41, 5.74) is 3.57. The number of hydrogen-bond acceptors (Lipinski definition) is 2. The molecular weight excluding hydrogens is 315 g/mol. The second kappa shape index (κ2) is 6.73. The molecule has 3 rings (SSSR count). The molecular formula is C18H14Cl2N2. The predicted octanol–water partition coefficient (Wildman–Crippen LogP) is 6.48. The van der Waals surface area contributed by atoms with Gasteiger partial charge in [-0.05, 0) is 36.4 Å². The quantitative estimate of drug-likeness (QED) is 0.572. The SMILES string of the molecule is Clc1ccccc1Nc1ccccc1Nc1ccccc1Cl. The summed E-state index contributed by atoms with van der Waals surface area (Å²) >= 11 is 12.4. The number of anilines is 4. The normalized spacial score (nSPS) is 10.3. The van der Waals surface area contributed by atoms with E-state index in [1.165, 1.54) is 0 Å². The topological polar surface area (TPSA) is 24.1 Å². The molecule has 110 valence electrons. The van der Waals surface area contributed by atoms with Crippen LogP contribution in [0.5, 0.6) is 0 Å². The van der Waals surface area contributed by atoms with Gasteiger partial charge in [-0.25, -0.2) is 0 Å². The lowest BCUT2D eigenvalue weighted by atomic mass is 10.2. The van der Waals surface area contributed by atoms with Crippen LogP contribution in [0.3, 0.4) is 0 Å². The fourth-order valence-electron chi connectivity index (χ4n) is 2.12. The molecule has 0 fully saturated rings. The van der Waals surface area contributed by atoms with Gasteiger partial charge < -0.3 is 10.6 Å². The van der Waals surface area contributed by atoms with Crippen molar-refractivity contribution in [3.8, 4) is 0 Å². The fourth-order valence-corrected chi connectivity index (χ4v) is 2.48. The van der Waals surface area contributed by atoms with Gasteiger partial charge in [0.25, 0.3) is 0 Å². The Hall–Kier alpha value is -2.16. The maximum Gasteiger partial charge on any atom is 0.0640 e. The van der Waals surface area contributed by atoms with Crippen molar-refractivity contribution in [1.82, 2.24) is 0 Å². The smallest absolute Gasteiger partial charge is 0.0640 e. The van der Waals surface area contributed by atoms with Crippen molar-refractivity contribution in [2.75, 3.05) is 10.6 Å². The van der Waals surface area contributed by atoms with E-state index in [0.29, 0.717) is 10.0 Å². The Balaban J connectivity index is 1.91. The van der Waals surface area contributed by atoms with Gasteiger partial charge in [0.15, 0.2) is 0 Å². The lowest BCUT2D eigenvalue weighted by Gasteiger charge is -2.15. The van der Waals surface area contributed by atoms with E-state index in [2.05, 4.69) is 10.6 Å². The van der Waals surface area contributed by atoms with Crippen LogP contribution in [-0.4, -0.2) is 0 Å². The Kier molecular flexibility index (Phi) is 4.52. The van der Waals surface area contributed by atoms with Crippen LogP contribution in [0.25, 0.3) is 0 Å². The highest BCUT2D eigenvalue weighted by Crippen LogP contribution is 2.32. The van der Waals surface area contributed by atoms with Crippen LogP contribution in [0.4, 0.5) is 22.7 Å². The fraction of sp³-hybridized carbons (Fsp3) is 0. The van der Waals surface area contributed by atoms with Crippen molar-refractivity contribution in [3.63, 3.8) is 0 Å². The second-order valence-electron chi connectivity index (χ2n) is 4.76. The van der Waals surface area contributed by atoms with Gasteiger partial charge in [0.2, 0.25) is 0 Å². The molecule has 0 unspecified atom stereocenters. The first-order valence-corrected chi connectivity index (χ1v) is 7.62. The van der Waals surface area contributed by atoms with E-state index in [1.54, 1.807) is 0 Å².